The summed E-state index contributed by atoms with van der Waals surface area (Å²) in [6, 6.07) is 6.25. The number of alkyl carbamates (subject to hydrolysis) is 1. The van der Waals surface area contributed by atoms with Crippen molar-refractivity contribution in [3.8, 4) is 0 Å². The Kier molecular flexibility index (Phi) is 6.39. The molecule has 0 bridgehead atoms. The van der Waals surface area contributed by atoms with Crippen LogP contribution in [0.3, 0.4) is 0 Å². The predicted octanol–water partition coefficient (Wildman–Crippen LogP) is 3.71. The first kappa shape index (κ1) is 21.5. The van der Waals surface area contributed by atoms with Crippen LogP contribution in [-0.2, 0) is 16.0 Å². The first-order valence-corrected chi connectivity index (χ1v) is 10.1. The van der Waals surface area contributed by atoms with Crippen LogP contribution in [-0.4, -0.2) is 51.4 Å². The molecule has 0 aliphatic carbocycles. The summed E-state index contributed by atoms with van der Waals surface area (Å²) < 4.78 is 7.16. The van der Waals surface area contributed by atoms with E-state index in [2.05, 4.69) is 10.4 Å². The second-order valence-corrected chi connectivity index (χ2v) is 8.87. The summed E-state index contributed by atoms with van der Waals surface area (Å²) in [6.45, 7) is 6.36. The highest BCUT2D eigenvalue weighted by molar-refractivity contribution is 6.35. The number of halogens is 2. The van der Waals surface area contributed by atoms with E-state index in [4.69, 9.17) is 27.9 Å². The second-order valence-electron chi connectivity index (χ2n) is 8.02. The van der Waals surface area contributed by atoms with Crippen LogP contribution in [0.4, 0.5) is 4.79 Å². The number of nitrogens with one attached hydrogen (secondary N) is 1. The van der Waals surface area contributed by atoms with Crippen LogP contribution < -0.4 is 5.32 Å². The molecule has 1 aliphatic rings. The third-order valence-electron chi connectivity index (χ3n) is 4.50. The van der Waals surface area contributed by atoms with E-state index >= 15 is 0 Å². The smallest absolute Gasteiger partial charge is 0.408 e. The Morgan fingerprint density at radius 2 is 2.03 bits per heavy atom. The maximum Gasteiger partial charge on any atom is 0.408 e. The third kappa shape index (κ3) is 5.64. The molecule has 3 rings (SSSR count). The van der Waals surface area contributed by atoms with Gasteiger partial charge in [0.15, 0.2) is 0 Å². The van der Waals surface area contributed by atoms with Gasteiger partial charge in [-0.1, -0.05) is 29.3 Å². The molecular weight excluding hydrogens is 415 g/mol. The zero-order valence-corrected chi connectivity index (χ0v) is 18.1. The van der Waals surface area contributed by atoms with Crippen molar-refractivity contribution in [2.45, 2.75) is 44.9 Å². The predicted molar refractivity (Wildman–Crippen MR) is 111 cm³/mol. The lowest BCUT2D eigenvalue weighted by atomic mass is 10.0. The van der Waals surface area contributed by atoms with Gasteiger partial charge in [-0.2, -0.15) is 5.10 Å². The number of benzene rings is 1. The van der Waals surface area contributed by atoms with Crippen molar-refractivity contribution < 1.29 is 14.3 Å². The minimum atomic E-state index is -0.804. The topological polar surface area (TPSA) is 76.5 Å². The summed E-state index contributed by atoms with van der Waals surface area (Å²) in [5.41, 5.74) is 0.0481. The van der Waals surface area contributed by atoms with Gasteiger partial charge in [0, 0.05) is 41.9 Å². The van der Waals surface area contributed by atoms with Crippen molar-refractivity contribution in [3.05, 3.63) is 52.3 Å². The first-order chi connectivity index (χ1) is 13.6. The van der Waals surface area contributed by atoms with Gasteiger partial charge in [-0.25, -0.2) is 4.79 Å². The van der Waals surface area contributed by atoms with E-state index in [-0.39, 0.29) is 18.4 Å². The Morgan fingerprint density at radius 3 is 2.62 bits per heavy atom. The SMILES string of the molecule is CC(C)(C)OC(=O)N[C@H](Cc1ccc(Cl)cc1Cl)C(=O)N1CC(n2cccn2)C1. The number of nitrogens with zero attached hydrogens (tertiary/aromatic N) is 3. The van der Waals surface area contributed by atoms with Gasteiger partial charge >= 0.3 is 6.09 Å². The number of aromatic nitrogens is 2. The summed E-state index contributed by atoms with van der Waals surface area (Å²) in [6.07, 6.45) is 3.16. The van der Waals surface area contributed by atoms with Crippen LogP contribution in [0.2, 0.25) is 10.0 Å². The fraction of sp³-hybridized carbons (Fsp3) is 0.450. The lowest BCUT2D eigenvalue weighted by Gasteiger charge is -2.41. The molecule has 1 aliphatic heterocycles. The Hall–Kier alpha value is -2.25. The Bertz CT molecular complexity index is 874. The molecule has 1 fully saturated rings. The maximum absolute atomic E-state index is 13.1. The number of ether oxygens (including phenoxy) is 1. The first-order valence-electron chi connectivity index (χ1n) is 9.34. The van der Waals surface area contributed by atoms with Crippen molar-refractivity contribution in [2.24, 2.45) is 0 Å². The number of hydrogen-bond donors (Lipinski definition) is 1. The number of carbonyl (C=O) groups is 2. The largest absolute Gasteiger partial charge is 0.444 e. The molecule has 1 N–H and O–H groups in total. The number of carbonyl (C=O) groups excluding carboxylic acids is 2. The van der Waals surface area contributed by atoms with E-state index < -0.39 is 17.7 Å². The third-order valence-corrected chi connectivity index (χ3v) is 5.09. The van der Waals surface area contributed by atoms with Gasteiger partial charge in [0.25, 0.3) is 0 Å². The molecule has 0 spiro atoms. The minimum Gasteiger partial charge on any atom is -0.444 e. The highest BCUT2D eigenvalue weighted by Gasteiger charge is 2.37. The average molecular weight is 439 g/mol. The minimum absolute atomic E-state index is 0.134. The Balaban J connectivity index is 1.71. The molecule has 156 valence electrons. The van der Waals surface area contributed by atoms with E-state index in [1.807, 2.05) is 16.9 Å². The van der Waals surface area contributed by atoms with Crippen molar-refractivity contribution in [2.75, 3.05) is 13.1 Å². The quantitative estimate of drug-likeness (QED) is 0.771. The maximum atomic E-state index is 13.1. The summed E-state index contributed by atoms with van der Waals surface area (Å²) in [5.74, 6) is -0.190. The molecular formula is C20H24Cl2N4O3. The highest BCUT2D eigenvalue weighted by atomic mass is 35.5. The zero-order valence-electron chi connectivity index (χ0n) is 16.6. The number of likely N-dealkylation sites (tertiary alicyclic amines) is 1. The molecule has 1 aromatic heterocycles. The van der Waals surface area contributed by atoms with Gasteiger partial charge in [-0.3, -0.25) is 9.48 Å². The van der Waals surface area contributed by atoms with Crippen molar-refractivity contribution in [3.63, 3.8) is 0 Å². The average Bonchev–Trinajstić information content (AvgIpc) is 3.07. The molecule has 7 nitrogen and oxygen atoms in total. The second kappa shape index (κ2) is 8.63. The normalized spacial score (nSPS) is 15.6. The Labute approximate surface area is 179 Å². The van der Waals surface area contributed by atoms with E-state index in [0.717, 1.165) is 5.56 Å². The van der Waals surface area contributed by atoms with Crippen LogP contribution in [0.5, 0.6) is 0 Å². The van der Waals surface area contributed by atoms with Crippen LogP contribution >= 0.6 is 23.2 Å². The summed E-state index contributed by atoms with van der Waals surface area (Å²) in [7, 11) is 0. The van der Waals surface area contributed by atoms with Gasteiger partial charge in [-0.15, -0.1) is 0 Å². The molecule has 0 saturated carbocycles. The fourth-order valence-electron chi connectivity index (χ4n) is 3.08. The van der Waals surface area contributed by atoms with Crippen LogP contribution in [0.15, 0.2) is 36.7 Å². The molecule has 0 unspecified atom stereocenters. The van der Waals surface area contributed by atoms with Crippen LogP contribution in [0, 0.1) is 0 Å². The van der Waals surface area contributed by atoms with Gasteiger partial charge in [0.2, 0.25) is 5.91 Å². The molecule has 9 heteroatoms. The number of hydrogen-bond acceptors (Lipinski definition) is 4. The fourth-order valence-corrected chi connectivity index (χ4v) is 3.56. The molecule has 1 saturated heterocycles. The van der Waals surface area contributed by atoms with Crippen molar-refractivity contribution in [1.82, 2.24) is 20.0 Å². The summed E-state index contributed by atoms with van der Waals surface area (Å²) >= 11 is 12.2. The van der Waals surface area contributed by atoms with Gasteiger partial charge in [0.05, 0.1) is 6.04 Å². The van der Waals surface area contributed by atoms with E-state index in [1.54, 1.807) is 50.1 Å². The molecule has 2 amide bonds. The Morgan fingerprint density at radius 1 is 1.31 bits per heavy atom. The molecule has 2 heterocycles. The lowest BCUT2D eigenvalue weighted by Crippen LogP contribution is -2.58. The van der Waals surface area contributed by atoms with Crippen molar-refractivity contribution in [1.29, 1.82) is 0 Å². The monoisotopic (exact) mass is 438 g/mol. The molecule has 1 atom stereocenters. The van der Waals surface area contributed by atoms with Gasteiger partial charge in [-0.05, 0) is 44.5 Å². The van der Waals surface area contributed by atoms with E-state index in [1.165, 1.54) is 0 Å². The highest BCUT2D eigenvalue weighted by Crippen LogP contribution is 2.25. The standard InChI is InChI=1S/C20H24Cl2N4O3/c1-20(2,3)29-19(28)24-17(9-13-5-6-14(21)10-16(13)22)18(27)25-11-15(12-25)26-8-4-7-23-26/h4-8,10,15,17H,9,11-12H2,1-3H3,(H,24,28)/t17-/m1/s1. The van der Waals surface area contributed by atoms with Crippen LogP contribution in [0.1, 0.15) is 32.4 Å². The summed E-state index contributed by atoms with van der Waals surface area (Å²) in [4.78, 5) is 27.1. The molecule has 0 radical (unpaired) electrons. The lowest BCUT2D eigenvalue weighted by molar-refractivity contribution is -0.139. The zero-order chi connectivity index (χ0) is 21.2. The molecule has 2 aromatic rings. The molecule has 29 heavy (non-hydrogen) atoms. The summed E-state index contributed by atoms with van der Waals surface area (Å²) in [5, 5.41) is 7.86. The van der Waals surface area contributed by atoms with Gasteiger partial charge in [0.1, 0.15) is 11.6 Å². The number of amides is 2. The van der Waals surface area contributed by atoms with E-state index in [9.17, 15) is 9.59 Å². The van der Waals surface area contributed by atoms with Crippen LogP contribution in [0.25, 0.3) is 0 Å². The van der Waals surface area contributed by atoms with E-state index in [0.29, 0.717) is 23.1 Å². The number of rotatable bonds is 5. The van der Waals surface area contributed by atoms with Gasteiger partial charge < -0.3 is 15.0 Å². The molecule has 1 aromatic carbocycles. The van der Waals surface area contributed by atoms with Crippen molar-refractivity contribution >= 4 is 35.2 Å².